The predicted molar refractivity (Wildman–Crippen MR) is 93.1 cm³/mol. The van der Waals surface area contributed by atoms with Crippen LogP contribution in [-0.2, 0) is 6.42 Å². The molecule has 0 spiro atoms. The molecule has 0 bridgehead atoms. The molecule has 0 radical (unpaired) electrons. The van der Waals surface area contributed by atoms with Crippen molar-refractivity contribution in [3.05, 3.63) is 65.7 Å². The normalized spacial score (nSPS) is 12.9. The van der Waals surface area contributed by atoms with E-state index in [9.17, 15) is 0 Å². The molecule has 2 rings (SSSR count). The second kappa shape index (κ2) is 7.46. The maximum atomic E-state index is 5.35. The molecular weight excluding hydrogens is 270 g/mol. The smallest absolute Gasteiger partial charge is 0.119 e. The molecule has 2 aromatic rings. The topological polar surface area (TPSA) is 9.23 Å². The van der Waals surface area contributed by atoms with Crippen LogP contribution < -0.4 is 4.74 Å². The maximum absolute atomic E-state index is 5.35. The molecule has 0 N–H and O–H groups in total. The first kappa shape index (κ1) is 16.6. The molecule has 0 aliphatic heterocycles. The van der Waals surface area contributed by atoms with Crippen LogP contribution >= 0.6 is 0 Å². The molecule has 0 saturated heterocycles. The monoisotopic (exact) mass is 298 g/mol. The average Bonchev–Trinajstić information content (AvgIpc) is 2.55. The summed E-state index contributed by atoms with van der Waals surface area (Å²) in [6.45, 7) is 3.46. The highest BCUT2D eigenvalue weighted by Gasteiger charge is 2.25. The quantitative estimate of drug-likeness (QED) is 0.686. The van der Waals surface area contributed by atoms with Crippen LogP contribution in [-0.4, -0.2) is 32.2 Å². The number of hydrogen-bond acceptors (Lipinski definition) is 1. The van der Waals surface area contributed by atoms with Gasteiger partial charge in [-0.15, -0.1) is 0 Å². The van der Waals surface area contributed by atoms with Crippen LogP contribution in [0.4, 0.5) is 0 Å². The van der Waals surface area contributed by atoms with Crippen molar-refractivity contribution in [2.75, 3.05) is 27.7 Å². The van der Waals surface area contributed by atoms with Gasteiger partial charge in [0.25, 0.3) is 0 Å². The zero-order chi connectivity index (χ0) is 16.0. The second-order valence-corrected chi connectivity index (χ2v) is 6.54. The van der Waals surface area contributed by atoms with Crippen LogP contribution in [0.3, 0.4) is 0 Å². The standard InChI is InChI=1S/C20H28NO/c1-17(19-13-8-14-20(16-19)22-4)21(2,3)15-9-12-18-10-6-5-7-11-18/h5-8,10-11,13-14,16-17H,9,12,15H2,1-4H3/q+1. The van der Waals surface area contributed by atoms with Crippen molar-refractivity contribution >= 4 is 0 Å². The van der Waals surface area contributed by atoms with Crippen molar-refractivity contribution in [1.29, 1.82) is 0 Å². The zero-order valence-electron chi connectivity index (χ0n) is 14.3. The van der Waals surface area contributed by atoms with Crippen molar-refractivity contribution in [3.63, 3.8) is 0 Å². The van der Waals surface area contributed by atoms with Crippen LogP contribution in [0.2, 0.25) is 0 Å². The molecule has 2 heteroatoms. The number of rotatable bonds is 7. The Balaban J connectivity index is 1.96. The highest BCUT2D eigenvalue weighted by Crippen LogP contribution is 2.27. The van der Waals surface area contributed by atoms with E-state index in [1.807, 2.05) is 6.07 Å². The first-order valence-corrected chi connectivity index (χ1v) is 8.03. The van der Waals surface area contributed by atoms with Gasteiger partial charge < -0.3 is 9.22 Å². The molecule has 1 unspecified atom stereocenters. The number of hydrogen-bond donors (Lipinski definition) is 0. The third kappa shape index (κ3) is 4.35. The minimum absolute atomic E-state index is 0.450. The van der Waals surface area contributed by atoms with E-state index in [0.29, 0.717) is 6.04 Å². The third-order valence-corrected chi connectivity index (χ3v) is 4.67. The lowest BCUT2D eigenvalue weighted by Crippen LogP contribution is -2.42. The highest BCUT2D eigenvalue weighted by atomic mass is 16.5. The summed E-state index contributed by atoms with van der Waals surface area (Å²) in [4.78, 5) is 0. The molecule has 22 heavy (non-hydrogen) atoms. The van der Waals surface area contributed by atoms with E-state index in [-0.39, 0.29) is 0 Å². The van der Waals surface area contributed by atoms with Gasteiger partial charge in [0.2, 0.25) is 0 Å². The lowest BCUT2D eigenvalue weighted by molar-refractivity contribution is -0.919. The Kier molecular flexibility index (Phi) is 5.62. The van der Waals surface area contributed by atoms with Gasteiger partial charge >= 0.3 is 0 Å². The summed E-state index contributed by atoms with van der Waals surface area (Å²) in [5.74, 6) is 0.939. The van der Waals surface area contributed by atoms with Crippen LogP contribution in [0.15, 0.2) is 54.6 Å². The number of methoxy groups -OCH3 is 1. The number of benzene rings is 2. The van der Waals surface area contributed by atoms with Crippen LogP contribution in [0, 0.1) is 0 Å². The van der Waals surface area contributed by atoms with Crippen LogP contribution in [0.5, 0.6) is 5.75 Å². The van der Waals surface area contributed by atoms with Gasteiger partial charge in [0, 0.05) is 12.0 Å². The highest BCUT2D eigenvalue weighted by molar-refractivity contribution is 5.29. The van der Waals surface area contributed by atoms with Gasteiger partial charge in [-0.05, 0) is 31.0 Å². The lowest BCUT2D eigenvalue weighted by atomic mass is 10.0. The Morgan fingerprint density at radius 3 is 2.41 bits per heavy atom. The van der Waals surface area contributed by atoms with E-state index in [1.165, 1.54) is 17.5 Å². The first-order valence-electron chi connectivity index (χ1n) is 8.03. The number of aryl methyl sites for hydroxylation is 1. The SMILES string of the molecule is COc1cccc(C(C)[N+](C)(C)CCCc2ccccc2)c1. The van der Waals surface area contributed by atoms with E-state index >= 15 is 0 Å². The molecule has 0 heterocycles. The summed E-state index contributed by atoms with van der Waals surface area (Å²) >= 11 is 0. The molecule has 2 aromatic carbocycles. The average molecular weight is 298 g/mol. The van der Waals surface area contributed by atoms with Crippen molar-refractivity contribution in [3.8, 4) is 5.75 Å². The molecule has 0 aliphatic carbocycles. The summed E-state index contributed by atoms with van der Waals surface area (Å²) < 4.78 is 6.34. The van der Waals surface area contributed by atoms with Crippen molar-refractivity contribution in [1.82, 2.24) is 0 Å². The number of ether oxygens (including phenoxy) is 1. The Labute approximate surface area is 134 Å². The van der Waals surface area contributed by atoms with Crippen LogP contribution in [0.1, 0.15) is 30.5 Å². The van der Waals surface area contributed by atoms with Gasteiger partial charge in [-0.3, -0.25) is 0 Å². The second-order valence-electron chi connectivity index (χ2n) is 6.54. The van der Waals surface area contributed by atoms with Crippen molar-refractivity contribution in [2.45, 2.75) is 25.8 Å². The molecule has 0 fully saturated rings. The molecule has 0 aliphatic rings. The molecule has 0 saturated carbocycles. The molecule has 0 amide bonds. The van der Waals surface area contributed by atoms with Gasteiger partial charge in [0.1, 0.15) is 11.8 Å². The lowest BCUT2D eigenvalue weighted by Gasteiger charge is -2.36. The predicted octanol–water partition coefficient (Wildman–Crippen LogP) is 4.47. The zero-order valence-corrected chi connectivity index (χ0v) is 14.3. The molecule has 1 atom stereocenters. The van der Waals surface area contributed by atoms with E-state index in [2.05, 4.69) is 69.6 Å². The van der Waals surface area contributed by atoms with E-state index in [4.69, 9.17) is 4.74 Å². The minimum atomic E-state index is 0.450. The summed E-state index contributed by atoms with van der Waals surface area (Å²) in [5.41, 5.74) is 2.76. The fourth-order valence-corrected chi connectivity index (χ4v) is 2.83. The summed E-state index contributed by atoms with van der Waals surface area (Å²) in [6.07, 6.45) is 2.35. The van der Waals surface area contributed by atoms with Gasteiger partial charge in [0.05, 0.1) is 27.7 Å². The minimum Gasteiger partial charge on any atom is -0.497 e. The fourth-order valence-electron chi connectivity index (χ4n) is 2.83. The molecule has 118 valence electrons. The molecule has 0 aromatic heterocycles. The fraction of sp³-hybridized carbons (Fsp3) is 0.400. The van der Waals surface area contributed by atoms with Crippen molar-refractivity contribution < 1.29 is 9.22 Å². The molecular formula is C20H28NO+. The Bertz CT molecular complexity index is 577. The van der Waals surface area contributed by atoms with E-state index in [0.717, 1.165) is 23.2 Å². The van der Waals surface area contributed by atoms with Gasteiger partial charge in [-0.25, -0.2) is 0 Å². The molecule has 2 nitrogen and oxygen atoms in total. The van der Waals surface area contributed by atoms with E-state index < -0.39 is 0 Å². The van der Waals surface area contributed by atoms with Gasteiger partial charge in [-0.1, -0.05) is 42.5 Å². The number of quaternary nitrogens is 1. The van der Waals surface area contributed by atoms with Crippen LogP contribution in [0.25, 0.3) is 0 Å². The Morgan fingerprint density at radius 2 is 1.73 bits per heavy atom. The Hall–Kier alpha value is -1.80. The van der Waals surface area contributed by atoms with Crippen molar-refractivity contribution in [2.24, 2.45) is 0 Å². The largest absolute Gasteiger partial charge is 0.497 e. The van der Waals surface area contributed by atoms with Gasteiger partial charge in [0.15, 0.2) is 0 Å². The summed E-state index contributed by atoms with van der Waals surface area (Å²) in [5, 5.41) is 0. The Morgan fingerprint density at radius 1 is 1.00 bits per heavy atom. The number of nitrogens with zero attached hydrogens (tertiary/aromatic N) is 1. The maximum Gasteiger partial charge on any atom is 0.119 e. The third-order valence-electron chi connectivity index (χ3n) is 4.67. The first-order chi connectivity index (χ1) is 10.5. The van der Waals surface area contributed by atoms with Gasteiger partial charge in [-0.2, -0.15) is 0 Å². The summed E-state index contributed by atoms with van der Waals surface area (Å²) in [6, 6.07) is 19.6. The summed E-state index contributed by atoms with van der Waals surface area (Å²) in [7, 11) is 6.36. The van der Waals surface area contributed by atoms with E-state index in [1.54, 1.807) is 7.11 Å².